The highest BCUT2D eigenvalue weighted by molar-refractivity contribution is 5.95. The maximum atomic E-state index is 12.3. The second-order valence-electron chi connectivity index (χ2n) is 7.59. The molecule has 2 aromatic rings. The molecule has 1 aromatic heterocycles. The summed E-state index contributed by atoms with van der Waals surface area (Å²) in [5.74, 6) is 0.681. The van der Waals surface area contributed by atoms with E-state index in [9.17, 15) is 14.4 Å². The molecule has 2 aliphatic rings. The highest BCUT2D eigenvalue weighted by Gasteiger charge is 2.23. The first-order chi connectivity index (χ1) is 14.1. The van der Waals surface area contributed by atoms with Crippen LogP contribution in [0.2, 0.25) is 0 Å². The fraction of sp³-hybridized carbons (Fsp3) is 0.500. The number of fused-ring (bicyclic) bond motifs is 1. The molecule has 0 unspecified atom stereocenters. The maximum absolute atomic E-state index is 12.3. The van der Waals surface area contributed by atoms with Gasteiger partial charge in [-0.15, -0.1) is 0 Å². The van der Waals surface area contributed by atoms with E-state index in [0.29, 0.717) is 36.8 Å². The minimum atomic E-state index is -0.221. The molecule has 29 heavy (non-hydrogen) atoms. The molecule has 0 saturated heterocycles. The van der Waals surface area contributed by atoms with Gasteiger partial charge in [-0.1, -0.05) is 0 Å². The van der Waals surface area contributed by atoms with Crippen molar-refractivity contribution in [2.24, 2.45) is 0 Å². The van der Waals surface area contributed by atoms with E-state index in [1.165, 1.54) is 4.68 Å². The first-order valence-electron chi connectivity index (χ1n) is 10.2. The van der Waals surface area contributed by atoms with Crippen molar-refractivity contribution in [3.8, 4) is 0 Å². The zero-order valence-electron chi connectivity index (χ0n) is 16.3. The Morgan fingerprint density at radius 1 is 1.14 bits per heavy atom. The third kappa shape index (κ3) is 4.85. The minimum absolute atomic E-state index is 0.0557. The number of benzene rings is 1. The monoisotopic (exact) mass is 398 g/mol. The van der Waals surface area contributed by atoms with Crippen LogP contribution in [0, 0.1) is 0 Å². The standard InChI is InChI=1S/C20H26N6O3/c27-18(14-5-7-15(8-6-14)22-19(28)23-16-9-10-16)21-11-3-13-26-20(29)25-12-2-1-4-17(25)24-26/h5-8,16H,1-4,9-13H2,(H,21,27)(H2,22,23,28). The van der Waals surface area contributed by atoms with Gasteiger partial charge >= 0.3 is 11.7 Å². The molecule has 0 spiro atoms. The van der Waals surface area contributed by atoms with Crippen molar-refractivity contribution in [1.82, 2.24) is 25.0 Å². The third-order valence-corrected chi connectivity index (χ3v) is 5.18. The highest BCUT2D eigenvalue weighted by atomic mass is 16.2. The average molecular weight is 398 g/mol. The van der Waals surface area contributed by atoms with Gasteiger partial charge in [0.05, 0.1) is 0 Å². The van der Waals surface area contributed by atoms with Gasteiger partial charge in [0.25, 0.3) is 5.91 Å². The number of rotatable bonds is 7. The Balaban J connectivity index is 1.22. The number of aryl methyl sites for hydroxylation is 2. The second kappa shape index (κ2) is 8.50. The summed E-state index contributed by atoms with van der Waals surface area (Å²) in [6.07, 6.45) is 5.64. The number of hydrogen-bond acceptors (Lipinski definition) is 4. The number of carbonyl (C=O) groups is 2. The number of anilines is 1. The lowest BCUT2D eigenvalue weighted by Gasteiger charge is -2.09. The van der Waals surface area contributed by atoms with E-state index in [4.69, 9.17) is 0 Å². The molecule has 0 radical (unpaired) electrons. The molecule has 3 N–H and O–H groups in total. The van der Waals surface area contributed by atoms with Crippen LogP contribution in [0.3, 0.4) is 0 Å². The first kappa shape index (κ1) is 19.2. The fourth-order valence-corrected chi connectivity index (χ4v) is 3.41. The maximum Gasteiger partial charge on any atom is 0.345 e. The van der Waals surface area contributed by atoms with Gasteiger partial charge in [0, 0.05) is 43.3 Å². The van der Waals surface area contributed by atoms with Crippen LogP contribution in [-0.2, 0) is 19.5 Å². The minimum Gasteiger partial charge on any atom is -0.352 e. The van der Waals surface area contributed by atoms with Crippen LogP contribution in [0.1, 0.15) is 48.3 Å². The van der Waals surface area contributed by atoms with Crippen LogP contribution >= 0.6 is 0 Å². The molecule has 1 aliphatic carbocycles. The molecule has 1 aromatic carbocycles. The predicted octanol–water partition coefficient (Wildman–Crippen LogP) is 1.49. The van der Waals surface area contributed by atoms with Crippen molar-refractivity contribution in [2.45, 2.75) is 57.7 Å². The summed E-state index contributed by atoms with van der Waals surface area (Å²) in [4.78, 5) is 36.3. The molecule has 154 valence electrons. The van der Waals surface area contributed by atoms with Crippen molar-refractivity contribution < 1.29 is 9.59 Å². The summed E-state index contributed by atoms with van der Waals surface area (Å²) in [5, 5.41) is 12.9. The number of nitrogens with zero attached hydrogens (tertiary/aromatic N) is 3. The van der Waals surface area contributed by atoms with Gasteiger partial charge in [-0.25, -0.2) is 14.3 Å². The predicted molar refractivity (Wildman–Crippen MR) is 108 cm³/mol. The van der Waals surface area contributed by atoms with Gasteiger partial charge in [-0.05, 0) is 56.4 Å². The molecular weight excluding hydrogens is 372 g/mol. The molecule has 0 bridgehead atoms. The van der Waals surface area contributed by atoms with Crippen molar-refractivity contribution in [1.29, 1.82) is 0 Å². The van der Waals surface area contributed by atoms with E-state index in [1.807, 2.05) is 0 Å². The summed E-state index contributed by atoms with van der Waals surface area (Å²) in [6.45, 7) is 1.69. The topological polar surface area (TPSA) is 110 Å². The van der Waals surface area contributed by atoms with Crippen LogP contribution in [0.25, 0.3) is 0 Å². The third-order valence-electron chi connectivity index (χ3n) is 5.18. The second-order valence-corrected chi connectivity index (χ2v) is 7.59. The molecule has 2 heterocycles. The van der Waals surface area contributed by atoms with Gasteiger partial charge < -0.3 is 16.0 Å². The summed E-state index contributed by atoms with van der Waals surface area (Å²) in [5.41, 5.74) is 1.11. The summed E-state index contributed by atoms with van der Waals surface area (Å²) in [7, 11) is 0. The van der Waals surface area contributed by atoms with E-state index in [-0.39, 0.29) is 17.6 Å². The van der Waals surface area contributed by atoms with E-state index in [1.54, 1.807) is 28.8 Å². The van der Waals surface area contributed by atoms with Gasteiger partial charge in [0.1, 0.15) is 5.82 Å². The molecular formula is C20H26N6O3. The van der Waals surface area contributed by atoms with E-state index < -0.39 is 0 Å². The van der Waals surface area contributed by atoms with Gasteiger partial charge in [-0.2, -0.15) is 5.10 Å². The first-order valence-corrected chi connectivity index (χ1v) is 10.2. The lowest BCUT2D eigenvalue weighted by atomic mass is 10.2. The Morgan fingerprint density at radius 2 is 1.93 bits per heavy atom. The molecule has 3 amide bonds. The van der Waals surface area contributed by atoms with Crippen molar-refractivity contribution in [2.75, 3.05) is 11.9 Å². The van der Waals surface area contributed by atoms with Crippen LogP contribution in [-0.4, -0.2) is 38.9 Å². The van der Waals surface area contributed by atoms with E-state index >= 15 is 0 Å². The van der Waals surface area contributed by atoms with Crippen LogP contribution in [0.4, 0.5) is 10.5 Å². The number of urea groups is 1. The lowest BCUT2D eigenvalue weighted by molar-refractivity contribution is 0.0952. The van der Waals surface area contributed by atoms with Crippen LogP contribution in [0.15, 0.2) is 29.1 Å². The number of aromatic nitrogens is 3. The molecule has 1 saturated carbocycles. The Kier molecular flexibility index (Phi) is 5.64. The van der Waals surface area contributed by atoms with Gasteiger partial charge in [0.2, 0.25) is 0 Å². The number of hydrogen-bond donors (Lipinski definition) is 3. The Morgan fingerprint density at radius 3 is 2.66 bits per heavy atom. The molecule has 9 heteroatoms. The zero-order chi connectivity index (χ0) is 20.2. The molecule has 1 aliphatic heterocycles. The smallest absolute Gasteiger partial charge is 0.345 e. The normalized spacial score (nSPS) is 15.4. The molecule has 1 fully saturated rings. The number of amides is 3. The lowest BCUT2D eigenvalue weighted by Crippen LogP contribution is -2.30. The number of nitrogens with one attached hydrogen (secondary N) is 3. The SMILES string of the molecule is O=C(Nc1ccc(C(=O)NCCCn2nc3n(c2=O)CCCC3)cc1)NC1CC1. The summed E-state index contributed by atoms with van der Waals surface area (Å²) >= 11 is 0. The summed E-state index contributed by atoms with van der Waals surface area (Å²) < 4.78 is 3.25. The van der Waals surface area contributed by atoms with Crippen LogP contribution < -0.4 is 21.6 Å². The molecule has 4 rings (SSSR count). The fourth-order valence-electron chi connectivity index (χ4n) is 3.41. The van der Waals surface area contributed by atoms with Crippen LogP contribution in [0.5, 0.6) is 0 Å². The largest absolute Gasteiger partial charge is 0.352 e. The summed E-state index contributed by atoms with van der Waals surface area (Å²) in [6, 6.07) is 6.84. The molecule has 0 atom stereocenters. The van der Waals surface area contributed by atoms with Gasteiger partial charge in [-0.3, -0.25) is 9.36 Å². The van der Waals surface area contributed by atoms with Crippen molar-refractivity contribution >= 4 is 17.6 Å². The average Bonchev–Trinajstić information content (AvgIpc) is 3.48. The van der Waals surface area contributed by atoms with Crippen molar-refractivity contribution in [3.05, 3.63) is 46.1 Å². The number of carbonyl (C=O) groups excluding carboxylic acids is 2. The van der Waals surface area contributed by atoms with E-state index in [2.05, 4.69) is 21.0 Å². The Hall–Kier alpha value is -3.10. The Bertz CT molecular complexity index is 942. The Labute approximate surface area is 168 Å². The van der Waals surface area contributed by atoms with Gasteiger partial charge in [0.15, 0.2) is 0 Å². The zero-order valence-corrected chi connectivity index (χ0v) is 16.3. The molecule has 9 nitrogen and oxygen atoms in total. The highest BCUT2D eigenvalue weighted by Crippen LogP contribution is 2.19. The quantitative estimate of drug-likeness (QED) is 0.614. The van der Waals surface area contributed by atoms with Crippen molar-refractivity contribution in [3.63, 3.8) is 0 Å². The van der Waals surface area contributed by atoms with E-state index in [0.717, 1.165) is 44.5 Å².